The van der Waals surface area contributed by atoms with Crippen molar-refractivity contribution in [3.8, 4) is 0 Å². The summed E-state index contributed by atoms with van der Waals surface area (Å²) in [7, 11) is 1.94. The van der Waals surface area contributed by atoms with E-state index in [0.717, 1.165) is 31.0 Å². The van der Waals surface area contributed by atoms with E-state index in [2.05, 4.69) is 22.2 Å². The highest BCUT2D eigenvalue weighted by atomic mass is 35.5. The Labute approximate surface area is 177 Å². The molecule has 2 fully saturated rings. The average Bonchev–Trinajstić information content (AvgIpc) is 3.01. The Morgan fingerprint density at radius 1 is 1.19 bits per heavy atom. The molecule has 1 unspecified atom stereocenters. The van der Waals surface area contributed by atoms with E-state index < -0.39 is 18.5 Å². The number of carbonyl (C=O) groups excluding carboxylic acids is 1. The summed E-state index contributed by atoms with van der Waals surface area (Å²) < 4.78 is 28.4. The van der Waals surface area contributed by atoms with Crippen LogP contribution in [0.2, 0.25) is 0 Å². The van der Waals surface area contributed by atoms with E-state index in [0.29, 0.717) is 13.1 Å². The van der Waals surface area contributed by atoms with E-state index in [9.17, 15) is 13.6 Å². The first-order valence-electron chi connectivity index (χ1n) is 8.38. The molecule has 0 aliphatic carbocycles. The van der Waals surface area contributed by atoms with Gasteiger partial charge in [-0.05, 0) is 13.8 Å². The van der Waals surface area contributed by atoms with Crippen molar-refractivity contribution < 1.29 is 13.6 Å². The van der Waals surface area contributed by atoms with E-state index in [-0.39, 0.29) is 49.5 Å². The molecule has 0 aromatic carbocycles. The van der Waals surface area contributed by atoms with E-state index in [4.69, 9.17) is 0 Å². The Morgan fingerprint density at radius 3 is 2.22 bits per heavy atom. The Bertz CT molecular complexity index is 636. The molecule has 0 radical (unpaired) electrons. The van der Waals surface area contributed by atoms with Crippen molar-refractivity contribution in [3.63, 3.8) is 0 Å². The summed E-state index contributed by atoms with van der Waals surface area (Å²) in [6.07, 6.45) is -0.389. The SMILES string of the molecule is Cc1nn(C)c(C)c1CN1CCN(C(=O)C2CC(F)(F)CN2)CC1.Cl.Cl.Cl. The zero-order valence-electron chi connectivity index (χ0n) is 15.7. The van der Waals surface area contributed by atoms with Gasteiger partial charge in [0, 0.05) is 57.4 Å². The second-order valence-electron chi connectivity index (χ2n) is 6.87. The predicted molar refractivity (Wildman–Crippen MR) is 108 cm³/mol. The van der Waals surface area contributed by atoms with Crippen LogP contribution in [0.5, 0.6) is 0 Å². The van der Waals surface area contributed by atoms with Crippen molar-refractivity contribution in [1.29, 1.82) is 0 Å². The van der Waals surface area contributed by atoms with Crippen LogP contribution in [-0.2, 0) is 18.4 Å². The maximum absolute atomic E-state index is 13.3. The van der Waals surface area contributed by atoms with Gasteiger partial charge in [-0.15, -0.1) is 37.2 Å². The van der Waals surface area contributed by atoms with Crippen LogP contribution >= 0.6 is 37.2 Å². The third-order valence-corrected chi connectivity index (χ3v) is 5.13. The zero-order chi connectivity index (χ0) is 17.5. The number of nitrogens with one attached hydrogen (secondary N) is 1. The van der Waals surface area contributed by atoms with Crippen LogP contribution in [0.15, 0.2) is 0 Å². The van der Waals surface area contributed by atoms with Crippen LogP contribution in [0.25, 0.3) is 0 Å². The molecule has 2 aliphatic heterocycles. The topological polar surface area (TPSA) is 53.4 Å². The second kappa shape index (κ2) is 10.2. The van der Waals surface area contributed by atoms with Gasteiger partial charge in [-0.3, -0.25) is 19.7 Å². The molecule has 0 spiro atoms. The molecule has 1 aromatic heterocycles. The van der Waals surface area contributed by atoms with Crippen molar-refractivity contribution in [2.75, 3.05) is 32.7 Å². The maximum atomic E-state index is 13.3. The standard InChI is InChI=1S/C16H25F2N5O.3ClH/c1-11-13(12(2)21(3)20-11)9-22-4-6-23(7-5-22)15(24)14-8-16(17,18)10-19-14;;;/h14,19H,4-10H2,1-3H3;3*1H. The molecule has 27 heavy (non-hydrogen) atoms. The number of nitrogens with zero attached hydrogens (tertiary/aromatic N) is 4. The second-order valence-corrected chi connectivity index (χ2v) is 6.87. The summed E-state index contributed by atoms with van der Waals surface area (Å²) in [4.78, 5) is 16.4. The molecule has 1 N–H and O–H groups in total. The van der Waals surface area contributed by atoms with Gasteiger partial charge in [-0.2, -0.15) is 5.10 Å². The quantitative estimate of drug-likeness (QED) is 0.765. The first-order chi connectivity index (χ1) is 11.3. The van der Waals surface area contributed by atoms with Crippen LogP contribution in [0.4, 0.5) is 8.78 Å². The summed E-state index contributed by atoms with van der Waals surface area (Å²) in [5, 5.41) is 7.08. The fraction of sp³-hybridized carbons (Fsp3) is 0.750. The molecule has 1 amide bonds. The minimum Gasteiger partial charge on any atom is -0.339 e. The normalized spacial score (nSPS) is 21.8. The molecule has 3 heterocycles. The monoisotopic (exact) mass is 449 g/mol. The first kappa shape index (κ1) is 26.3. The molecule has 3 rings (SSSR count). The number of amides is 1. The summed E-state index contributed by atoms with van der Waals surface area (Å²) in [6, 6.07) is -0.741. The fourth-order valence-electron chi connectivity index (χ4n) is 3.51. The van der Waals surface area contributed by atoms with Crippen molar-refractivity contribution in [2.24, 2.45) is 7.05 Å². The Morgan fingerprint density at radius 2 is 1.78 bits per heavy atom. The maximum Gasteiger partial charge on any atom is 0.262 e. The van der Waals surface area contributed by atoms with Crippen LogP contribution in [0, 0.1) is 13.8 Å². The molecule has 0 bridgehead atoms. The average molecular weight is 451 g/mol. The van der Waals surface area contributed by atoms with E-state index in [1.54, 1.807) is 4.90 Å². The van der Waals surface area contributed by atoms with Crippen LogP contribution < -0.4 is 5.32 Å². The molecule has 0 saturated carbocycles. The lowest BCUT2D eigenvalue weighted by molar-refractivity contribution is -0.135. The van der Waals surface area contributed by atoms with Gasteiger partial charge >= 0.3 is 0 Å². The van der Waals surface area contributed by atoms with Gasteiger partial charge in [0.2, 0.25) is 5.91 Å². The first-order valence-corrected chi connectivity index (χ1v) is 8.38. The van der Waals surface area contributed by atoms with Gasteiger partial charge in [0.25, 0.3) is 5.92 Å². The highest BCUT2D eigenvalue weighted by Gasteiger charge is 2.43. The van der Waals surface area contributed by atoms with E-state index in [1.165, 1.54) is 5.56 Å². The van der Waals surface area contributed by atoms with Gasteiger partial charge < -0.3 is 4.90 Å². The third-order valence-electron chi connectivity index (χ3n) is 5.13. The number of halogens is 5. The van der Waals surface area contributed by atoms with Crippen LogP contribution in [-0.4, -0.2) is 70.2 Å². The molecule has 11 heteroatoms. The van der Waals surface area contributed by atoms with Crippen molar-refractivity contribution in [1.82, 2.24) is 24.9 Å². The molecule has 158 valence electrons. The molecular formula is C16H28Cl3F2N5O. The lowest BCUT2D eigenvalue weighted by Gasteiger charge is -2.36. The molecular weight excluding hydrogens is 423 g/mol. The van der Waals surface area contributed by atoms with Crippen LogP contribution in [0.3, 0.4) is 0 Å². The molecule has 6 nitrogen and oxygen atoms in total. The van der Waals surface area contributed by atoms with Gasteiger partial charge in [-0.1, -0.05) is 0 Å². The van der Waals surface area contributed by atoms with Gasteiger partial charge in [0.15, 0.2) is 0 Å². The van der Waals surface area contributed by atoms with Gasteiger partial charge in [-0.25, -0.2) is 8.78 Å². The van der Waals surface area contributed by atoms with E-state index in [1.807, 2.05) is 18.7 Å². The summed E-state index contributed by atoms with van der Waals surface area (Å²) in [5.74, 6) is -2.96. The van der Waals surface area contributed by atoms with Crippen molar-refractivity contribution in [2.45, 2.75) is 38.8 Å². The number of piperazine rings is 1. The van der Waals surface area contributed by atoms with Crippen molar-refractivity contribution >= 4 is 43.1 Å². The number of carbonyl (C=O) groups is 1. The largest absolute Gasteiger partial charge is 0.339 e. The number of aromatic nitrogens is 2. The predicted octanol–water partition coefficient (Wildman–Crippen LogP) is 1.94. The smallest absolute Gasteiger partial charge is 0.262 e. The number of hydrogen-bond acceptors (Lipinski definition) is 4. The molecule has 1 atom stereocenters. The van der Waals surface area contributed by atoms with Gasteiger partial charge in [0.05, 0.1) is 18.3 Å². The molecule has 2 saturated heterocycles. The Hall–Kier alpha value is -0.670. The number of aryl methyl sites for hydroxylation is 2. The molecule has 2 aliphatic rings. The Balaban J connectivity index is 0.00000225. The summed E-state index contributed by atoms with van der Waals surface area (Å²) in [5.41, 5.74) is 3.42. The number of hydrogen-bond donors (Lipinski definition) is 1. The number of rotatable bonds is 3. The third kappa shape index (κ3) is 5.90. The van der Waals surface area contributed by atoms with Gasteiger partial charge in [0.1, 0.15) is 0 Å². The number of alkyl halides is 2. The minimum atomic E-state index is -2.77. The fourth-order valence-corrected chi connectivity index (χ4v) is 3.51. The zero-order valence-corrected chi connectivity index (χ0v) is 18.2. The highest BCUT2D eigenvalue weighted by Crippen LogP contribution is 2.26. The molecule has 1 aromatic rings. The lowest BCUT2D eigenvalue weighted by Crippen LogP contribution is -2.52. The summed E-state index contributed by atoms with van der Waals surface area (Å²) in [6.45, 7) is 7.15. The Kier molecular flexibility index (Phi) is 9.95. The highest BCUT2D eigenvalue weighted by molar-refractivity contribution is 5.86. The van der Waals surface area contributed by atoms with E-state index >= 15 is 0 Å². The van der Waals surface area contributed by atoms with Crippen LogP contribution in [0.1, 0.15) is 23.4 Å². The van der Waals surface area contributed by atoms with Crippen molar-refractivity contribution in [3.05, 3.63) is 17.0 Å². The minimum absolute atomic E-state index is 0. The lowest BCUT2D eigenvalue weighted by atomic mass is 10.1. The summed E-state index contributed by atoms with van der Waals surface area (Å²) >= 11 is 0.